The second kappa shape index (κ2) is 10.0. The summed E-state index contributed by atoms with van der Waals surface area (Å²) in [5, 5.41) is 10.1. The maximum atomic E-state index is 10.1. The third kappa shape index (κ3) is 7.14. The molecule has 0 heterocycles. The molecule has 0 radical (unpaired) electrons. The molecule has 0 aromatic carbocycles. The van der Waals surface area contributed by atoms with Crippen LogP contribution >= 0.6 is 0 Å². The van der Waals surface area contributed by atoms with Crippen LogP contribution in [0.15, 0.2) is 0 Å². The minimum absolute atomic E-state index is 0. The van der Waals surface area contributed by atoms with Crippen LogP contribution in [0.5, 0.6) is 0 Å². The zero-order chi connectivity index (χ0) is 7.11. The Hall–Kier alpha value is 1.02. The zero-order valence-electron chi connectivity index (χ0n) is 7.52. The van der Waals surface area contributed by atoms with Crippen molar-refractivity contribution in [3.63, 3.8) is 0 Å². The molecule has 54 valence electrons. The predicted octanol–water partition coefficient (Wildman–Crippen LogP) is -1.72. The maximum absolute atomic E-state index is 10.1. The number of rotatable bonds is 5. The Labute approximate surface area is 87.0 Å². The SMILES string of the molecule is CCB(CC)CCC[O-].[Na+]. The first-order valence-electron chi connectivity index (χ1n) is 3.93. The van der Waals surface area contributed by atoms with Crippen molar-refractivity contribution in [1.29, 1.82) is 0 Å². The van der Waals surface area contributed by atoms with Gasteiger partial charge in [-0.1, -0.05) is 39.2 Å². The van der Waals surface area contributed by atoms with Crippen LogP contribution in [-0.4, -0.2) is 13.3 Å². The summed E-state index contributed by atoms with van der Waals surface area (Å²) in [7, 11) is 0. The molecule has 0 saturated carbocycles. The van der Waals surface area contributed by atoms with Gasteiger partial charge in [-0.2, -0.15) is 0 Å². The molecule has 0 saturated heterocycles. The molecule has 3 heteroatoms. The molecule has 0 N–H and O–H groups in total. The van der Waals surface area contributed by atoms with Crippen LogP contribution in [0.4, 0.5) is 0 Å². The maximum Gasteiger partial charge on any atom is 1.00 e. The zero-order valence-corrected chi connectivity index (χ0v) is 9.52. The molecule has 0 aliphatic heterocycles. The molecular formula is C7H16BNaO. The fraction of sp³-hybridized carbons (Fsp3) is 1.00. The van der Waals surface area contributed by atoms with E-state index in [2.05, 4.69) is 13.8 Å². The second-order valence-electron chi connectivity index (χ2n) is 2.53. The Balaban J connectivity index is 0. The fourth-order valence-electron chi connectivity index (χ4n) is 1.07. The molecule has 1 nitrogen and oxygen atoms in total. The number of hydrogen-bond donors (Lipinski definition) is 0. The van der Waals surface area contributed by atoms with Gasteiger partial charge in [0.2, 0.25) is 0 Å². The minimum Gasteiger partial charge on any atom is -0.854 e. The van der Waals surface area contributed by atoms with Crippen molar-refractivity contribution < 1.29 is 34.7 Å². The van der Waals surface area contributed by atoms with Gasteiger partial charge in [0, 0.05) is 0 Å². The van der Waals surface area contributed by atoms with E-state index in [1.165, 1.54) is 12.6 Å². The summed E-state index contributed by atoms with van der Waals surface area (Å²) in [6.07, 6.45) is 4.47. The second-order valence-corrected chi connectivity index (χ2v) is 2.53. The molecule has 0 aromatic heterocycles. The molecule has 0 aliphatic rings. The fourth-order valence-corrected chi connectivity index (χ4v) is 1.07. The molecule has 0 atom stereocenters. The summed E-state index contributed by atoms with van der Waals surface area (Å²) in [4.78, 5) is 0. The molecule has 0 aliphatic carbocycles. The quantitative estimate of drug-likeness (QED) is 0.427. The molecule has 0 spiro atoms. The molecule has 0 rings (SSSR count). The van der Waals surface area contributed by atoms with Gasteiger partial charge in [0.15, 0.2) is 0 Å². The summed E-state index contributed by atoms with van der Waals surface area (Å²) in [6, 6.07) is 0. The minimum atomic E-state index is 0. The molecule has 10 heavy (non-hydrogen) atoms. The Kier molecular flexibility index (Phi) is 13.6. The Morgan fingerprint density at radius 1 is 1.20 bits per heavy atom. The van der Waals surface area contributed by atoms with Crippen LogP contribution in [0, 0.1) is 0 Å². The van der Waals surface area contributed by atoms with E-state index in [0.29, 0.717) is 0 Å². The van der Waals surface area contributed by atoms with Gasteiger partial charge < -0.3 is 5.11 Å². The van der Waals surface area contributed by atoms with E-state index in [0.717, 1.165) is 19.5 Å². The van der Waals surface area contributed by atoms with Crippen molar-refractivity contribution in [3.05, 3.63) is 0 Å². The van der Waals surface area contributed by atoms with Gasteiger partial charge in [-0.15, -0.1) is 6.61 Å². The first-order chi connectivity index (χ1) is 4.35. The molecule has 0 fully saturated rings. The smallest absolute Gasteiger partial charge is 0.854 e. The predicted molar refractivity (Wildman–Crippen MR) is 41.0 cm³/mol. The monoisotopic (exact) mass is 150 g/mol. The van der Waals surface area contributed by atoms with Crippen LogP contribution in [0.25, 0.3) is 0 Å². The standard InChI is InChI=1S/C7H16BO.Na/c1-3-8(4-2)6-5-7-9;/h3-7H2,1-2H3;/q-1;+1. The average Bonchev–Trinajstić information content (AvgIpc) is 1.91. The average molecular weight is 150 g/mol. The molecule has 0 bridgehead atoms. The van der Waals surface area contributed by atoms with Gasteiger partial charge in [0.25, 0.3) is 0 Å². The normalized spacial score (nSPS) is 8.70. The van der Waals surface area contributed by atoms with Gasteiger partial charge in [-0.3, -0.25) is 0 Å². The van der Waals surface area contributed by atoms with Crippen molar-refractivity contribution in [2.75, 3.05) is 6.61 Å². The Morgan fingerprint density at radius 3 is 2.00 bits per heavy atom. The first-order valence-corrected chi connectivity index (χ1v) is 3.93. The van der Waals surface area contributed by atoms with Gasteiger partial charge in [-0.25, -0.2) is 0 Å². The van der Waals surface area contributed by atoms with E-state index in [1.54, 1.807) is 0 Å². The summed E-state index contributed by atoms with van der Waals surface area (Å²) in [6.45, 7) is 5.30. The Bertz CT molecular complexity index is 57.6. The van der Waals surface area contributed by atoms with Gasteiger partial charge >= 0.3 is 29.6 Å². The summed E-state index contributed by atoms with van der Waals surface area (Å²) < 4.78 is 0. The van der Waals surface area contributed by atoms with Crippen molar-refractivity contribution in [3.8, 4) is 0 Å². The van der Waals surface area contributed by atoms with Crippen molar-refractivity contribution >= 4 is 6.71 Å². The van der Waals surface area contributed by atoms with Gasteiger partial charge in [-0.05, 0) is 0 Å². The van der Waals surface area contributed by atoms with E-state index in [1.807, 2.05) is 0 Å². The molecule has 0 unspecified atom stereocenters. The molecule has 0 amide bonds. The van der Waals surface area contributed by atoms with Crippen molar-refractivity contribution in [2.24, 2.45) is 0 Å². The van der Waals surface area contributed by atoms with E-state index in [-0.39, 0.29) is 36.2 Å². The van der Waals surface area contributed by atoms with Crippen LogP contribution in [0.3, 0.4) is 0 Å². The Morgan fingerprint density at radius 2 is 1.70 bits per heavy atom. The van der Waals surface area contributed by atoms with Gasteiger partial charge in [0.1, 0.15) is 6.71 Å². The topological polar surface area (TPSA) is 23.1 Å². The van der Waals surface area contributed by atoms with Crippen LogP contribution < -0.4 is 34.7 Å². The summed E-state index contributed by atoms with van der Waals surface area (Å²) in [5.74, 6) is 0. The third-order valence-corrected chi connectivity index (χ3v) is 1.91. The van der Waals surface area contributed by atoms with E-state index < -0.39 is 0 Å². The van der Waals surface area contributed by atoms with Crippen molar-refractivity contribution in [2.45, 2.75) is 39.2 Å². The molecular weight excluding hydrogens is 134 g/mol. The first kappa shape index (κ1) is 13.6. The van der Waals surface area contributed by atoms with E-state index in [4.69, 9.17) is 0 Å². The van der Waals surface area contributed by atoms with E-state index >= 15 is 0 Å². The van der Waals surface area contributed by atoms with Crippen molar-refractivity contribution in [1.82, 2.24) is 0 Å². The third-order valence-electron chi connectivity index (χ3n) is 1.91. The summed E-state index contributed by atoms with van der Waals surface area (Å²) in [5.41, 5.74) is 0. The summed E-state index contributed by atoms with van der Waals surface area (Å²) >= 11 is 0. The van der Waals surface area contributed by atoms with Crippen LogP contribution in [0.1, 0.15) is 20.3 Å². The van der Waals surface area contributed by atoms with Gasteiger partial charge in [0.05, 0.1) is 0 Å². The molecule has 0 aromatic rings. The number of hydrogen-bond acceptors (Lipinski definition) is 1. The van der Waals surface area contributed by atoms with Crippen LogP contribution in [0.2, 0.25) is 19.0 Å². The largest absolute Gasteiger partial charge is 1.00 e. The van der Waals surface area contributed by atoms with Crippen LogP contribution in [-0.2, 0) is 0 Å². The van der Waals surface area contributed by atoms with E-state index in [9.17, 15) is 5.11 Å².